The van der Waals surface area contributed by atoms with Crippen LogP contribution in [0.25, 0.3) is 20.8 Å². The third-order valence-electron chi connectivity index (χ3n) is 4.93. The summed E-state index contributed by atoms with van der Waals surface area (Å²) in [7, 11) is 0. The number of aromatic nitrogens is 1. The van der Waals surface area contributed by atoms with Crippen LogP contribution in [0.4, 0.5) is 5.00 Å². The average molecular weight is 402 g/mol. The van der Waals surface area contributed by atoms with Crippen LogP contribution in [-0.4, -0.2) is 10.9 Å². The number of thiophene rings is 1. The molecule has 0 unspecified atom stereocenters. The lowest BCUT2D eigenvalue weighted by molar-refractivity contribution is 0.102. The molecule has 0 saturated heterocycles. The highest BCUT2D eigenvalue weighted by molar-refractivity contribution is 7.23. The Bertz CT molecular complexity index is 1210. The second-order valence-corrected chi connectivity index (χ2v) is 8.83. The van der Waals surface area contributed by atoms with Gasteiger partial charge in [0.1, 0.15) is 10.0 Å². The smallest absolute Gasteiger partial charge is 0.256 e. The summed E-state index contributed by atoms with van der Waals surface area (Å²) in [4.78, 5) is 19.0. The van der Waals surface area contributed by atoms with Gasteiger partial charge in [-0.05, 0) is 61.2 Å². The van der Waals surface area contributed by atoms with Crippen LogP contribution in [0, 0.1) is 11.3 Å². The molecule has 4 nitrogen and oxygen atoms in total. The van der Waals surface area contributed by atoms with Gasteiger partial charge >= 0.3 is 0 Å². The maximum Gasteiger partial charge on any atom is 0.256 e. The summed E-state index contributed by atoms with van der Waals surface area (Å²) in [5.41, 5.74) is 4.49. The van der Waals surface area contributed by atoms with E-state index < -0.39 is 0 Å². The molecule has 1 amide bonds. The number of carbonyl (C=O) groups is 1. The Labute approximate surface area is 170 Å². The summed E-state index contributed by atoms with van der Waals surface area (Å²) >= 11 is 3.34. The first-order chi connectivity index (χ1) is 13.7. The lowest BCUT2D eigenvalue weighted by Gasteiger charge is -2.07. The van der Waals surface area contributed by atoms with Gasteiger partial charge in [-0.15, -0.1) is 22.7 Å². The van der Waals surface area contributed by atoms with Gasteiger partial charge < -0.3 is 5.32 Å². The number of aryl methyl sites for hydroxylation is 1. The summed E-state index contributed by atoms with van der Waals surface area (Å²) in [5.74, 6) is -0.160. The second kappa shape index (κ2) is 6.86. The van der Waals surface area contributed by atoms with E-state index in [-0.39, 0.29) is 5.91 Å². The van der Waals surface area contributed by atoms with Crippen molar-refractivity contribution in [1.82, 2.24) is 4.98 Å². The number of nitrogens with one attached hydrogen (secondary N) is 1. The van der Waals surface area contributed by atoms with Crippen LogP contribution in [0.5, 0.6) is 0 Å². The Morgan fingerprint density at radius 3 is 2.68 bits per heavy atom. The molecule has 0 atom stereocenters. The molecule has 1 aliphatic rings. The zero-order chi connectivity index (χ0) is 19.1. The van der Waals surface area contributed by atoms with E-state index in [1.807, 2.05) is 18.2 Å². The Kier molecular flexibility index (Phi) is 4.19. The van der Waals surface area contributed by atoms with E-state index in [2.05, 4.69) is 17.5 Å². The number of hydrogen-bond acceptors (Lipinski definition) is 5. The van der Waals surface area contributed by atoms with Crippen molar-refractivity contribution in [1.29, 1.82) is 5.26 Å². The van der Waals surface area contributed by atoms with Crippen molar-refractivity contribution in [3.05, 3.63) is 70.1 Å². The first-order valence-corrected chi connectivity index (χ1v) is 10.7. The number of nitrogens with zero attached hydrogens (tertiary/aromatic N) is 2. The van der Waals surface area contributed by atoms with Crippen LogP contribution < -0.4 is 5.32 Å². The second-order valence-electron chi connectivity index (χ2n) is 6.69. The first kappa shape index (κ1) is 17.1. The van der Waals surface area contributed by atoms with Gasteiger partial charge in [0.05, 0.1) is 21.8 Å². The summed E-state index contributed by atoms with van der Waals surface area (Å²) in [6.45, 7) is 0. The maximum absolute atomic E-state index is 12.8. The maximum atomic E-state index is 12.8. The van der Waals surface area contributed by atoms with Crippen molar-refractivity contribution in [3.8, 4) is 16.6 Å². The molecular formula is C22H15N3OS2. The average Bonchev–Trinajstić information content (AvgIpc) is 3.41. The lowest BCUT2D eigenvalue weighted by atomic mass is 10.1. The van der Waals surface area contributed by atoms with E-state index in [0.29, 0.717) is 11.1 Å². The van der Waals surface area contributed by atoms with Gasteiger partial charge in [-0.2, -0.15) is 5.26 Å². The largest absolute Gasteiger partial charge is 0.313 e. The SMILES string of the molecule is N#Cc1ccc(C(=O)Nc2sc3c(c2-c2nc4ccccc4s2)CCC3)cc1. The number of fused-ring (bicyclic) bond motifs is 2. The number of carbonyl (C=O) groups excluding carboxylic acids is 1. The topological polar surface area (TPSA) is 65.8 Å². The highest BCUT2D eigenvalue weighted by atomic mass is 32.1. The van der Waals surface area contributed by atoms with Gasteiger partial charge in [-0.1, -0.05) is 12.1 Å². The van der Waals surface area contributed by atoms with E-state index >= 15 is 0 Å². The Morgan fingerprint density at radius 2 is 1.89 bits per heavy atom. The fourth-order valence-corrected chi connectivity index (χ4v) is 5.96. The van der Waals surface area contributed by atoms with Crippen LogP contribution in [-0.2, 0) is 12.8 Å². The Balaban J connectivity index is 1.54. The quantitative estimate of drug-likeness (QED) is 0.483. The minimum atomic E-state index is -0.160. The minimum Gasteiger partial charge on any atom is -0.313 e. The van der Waals surface area contributed by atoms with Crippen molar-refractivity contribution in [2.45, 2.75) is 19.3 Å². The van der Waals surface area contributed by atoms with Crippen LogP contribution in [0.2, 0.25) is 0 Å². The lowest BCUT2D eigenvalue weighted by Crippen LogP contribution is -2.11. The summed E-state index contributed by atoms with van der Waals surface area (Å²) in [6, 6.07) is 16.9. The summed E-state index contributed by atoms with van der Waals surface area (Å²) in [6.07, 6.45) is 3.25. The molecule has 6 heteroatoms. The number of para-hydroxylation sites is 1. The van der Waals surface area contributed by atoms with Crippen LogP contribution in [0.15, 0.2) is 48.5 Å². The molecule has 0 bridgehead atoms. The molecule has 28 heavy (non-hydrogen) atoms. The Hall–Kier alpha value is -3.01. The number of anilines is 1. The molecule has 0 spiro atoms. The van der Waals surface area contributed by atoms with Gasteiger partial charge in [-0.25, -0.2) is 4.98 Å². The number of thiazole rings is 1. The Morgan fingerprint density at radius 1 is 1.07 bits per heavy atom. The summed E-state index contributed by atoms with van der Waals surface area (Å²) < 4.78 is 1.15. The predicted octanol–water partition coefficient (Wildman–Crippen LogP) is 5.64. The third kappa shape index (κ3) is 2.89. The van der Waals surface area contributed by atoms with E-state index in [0.717, 1.165) is 45.1 Å². The fraction of sp³-hybridized carbons (Fsp3) is 0.136. The van der Waals surface area contributed by atoms with Crippen molar-refractivity contribution < 1.29 is 4.79 Å². The predicted molar refractivity (Wildman–Crippen MR) is 114 cm³/mol. The van der Waals surface area contributed by atoms with Crippen molar-refractivity contribution in [2.75, 3.05) is 5.32 Å². The molecule has 1 N–H and O–H groups in total. The third-order valence-corrected chi connectivity index (χ3v) is 7.19. The number of nitriles is 1. The van der Waals surface area contributed by atoms with Gasteiger partial charge in [0, 0.05) is 16.0 Å². The molecule has 4 aromatic rings. The standard InChI is InChI=1S/C22H15N3OS2/c23-12-13-8-10-14(11-9-13)20(26)25-22-19(15-4-3-7-17(15)27-22)21-24-16-5-1-2-6-18(16)28-21/h1-2,5-6,8-11H,3-4,7H2,(H,25,26). The molecule has 136 valence electrons. The minimum absolute atomic E-state index is 0.160. The van der Waals surface area contributed by atoms with Gasteiger partial charge in [-0.3, -0.25) is 4.79 Å². The molecular weight excluding hydrogens is 386 g/mol. The molecule has 5 rings (SSSR count). The molecule has 0 radical (unpaired) electrons. The van der Waals surface area contributed by atoms with Crippen molar-refractivity contribution in [3.63, 3.8) is 0 Å². The molecule has 1 aliphatic carbocycles. The van der Waals surface area contributed by atoms with E-state index in [1.54, 1.807) is 46.9 Å². The number of amides is 1. The van der Waals surface area contributed by atoms with Crippen LogP contribution >= 0.6 is 22.7 Å². The monoisotopic (exact) mass is 401 g/mol. The molecule has 2 aromatic heterocycles. The van der Waals surface area contributed by atoms with E-state index in [4.69, 9.17) is 10.2 Å². The number of benzene rings is 2. The van der Waals surface area contributed by atoms with Crippen molar-refractivity contribution >= 4 is 43.8 Å². The number of rotatable bonds is 3. The molecule has 2 heterocycles. The molecule has 2 aromatic carbocycles. The molecule has 0 fully saturated rings. The zero-order valence-electron chi connectivity index (χ0n) is 14.9. The number of hydrogen-bond donors (Lipinski definition) is 1. The first-order valence-electron chi connectivity index (χ1n) is 9.05. The normalized spacial score (nSPS) is 12.7. The van der Waals surface area contributed by atoms with Gasteiger partial charge in [0.15, 0.2) is 0 Å². The fourth-order valence-electron chi connectivity index (χ4n) is 3.57. The summed E-state index contributed by atoms with van der Waals surface area (Å²) in [5, 5.41) is 13.9. The van der Waals surface area contributed by atoms with Crippen LogP contribution in [0.1, 0.15) is 32.8 Å². The van der Waals surface area contributed by atoms with Gasteiger partial charge in [0.25, 0.3) is 5.91 Å². The van der Waals surface area contributed by atoms with Crippen LogP contribution in [0.3, 0.4) is 0 Å². The van der Waals surface area contributed by atoms with E-state index in [9.17, 15) is 4.79 Å². The molecule has 0 saturated carbocycles. The zero-order valence-corrected chi connectivity index (χ0v) is 16.5. The highest BCUT2D eigenvalue weighted by Gasteiger charge is 2.26. The van der Waals surface area contributed by atoms with Crippen molar-refractivity contribution in [2.24, 2.45) is 0 Å². The highest BCUT2D eigenvalue weighted by Crippen LogP contribution is 2.47. The molecule has 0 aliphatic heterocycles. The van der Waals surface area contributed by atoms with E-state index in [1.165, 1.54) is 10.4 Å². The van der Waals surface area contributed by atoms with Gasteiger partial charge in [0.2, 0.25) is 0 Å².